The van der Waals surface area contributed by atoms with Gasteiger partial charge < -0.3 is 15.0 Å². The summed E-state index contributed by atoms with van der Waals surface area (Å²) in [6, 6.07) is 21.8. The molecule has 5 rings (SSSR count). The molecule has 0 radical (unpaired) electrons. The van der Waals surface area contributed by atoms with Crippen LogP contribution in [0.3, 0.4) is 0 Å². The Labute approximate surface area is 277 Å². The van der Waals surface area contributed by atoms with Crippen LogP contribution in [0.5, 0.6) is 5.75 Å². The van der Waals surface area contributed by atoms with Gasteiger partial charge in [0.05, 0.1) is 11.4 Å². The van der Waals surface area contributed by atoms with E-state index in [1.807, 2.05) is 61.5 Å². The second kappa shape index (κ2) is 14.1. The minimum Gasteiger partial charge on any atom is -0.428 e. The van der Waals surface area contributed by atoms with Crippen LogP contribution in [0.1, 0.15) is 60.8 Å². The fraction of sp³-hybridized carbons (Fsp3) is 0.361. The molecule has 2 N–H and O–H groups in total. The molecule has 254 valence electrons. The lowest BCUT2D eigenvalue weighted by Crippen LogP contribution is -2.39. The third kappa shape index (κ3) is 8.53. The summed E-state index contributed by atoms with van der Waals surface area (Å²) >= 11 is 0. The van der Waals surface area contributed by atoms with Crippen molar-refractivity contribution in [2.45, 2.75) is 64.9 Å². The summed E-state index contributed by atoms with van der Waals surface area (Å²) < 4.78 is 57.0. The number of ether oxygens (including phenoxy) is 1. The number of benzene rings is 3. The van der Waals surface area contributed by atoms with Crippen LogP contribution in [-0.4, -0.2) is 52.2 Å². The number of carbonyl (C=O) groups is 2. The maximum atomic E-state index is 13.2. The predicted molar refractivity (Wildman–Crippen MR) is 176 cm³/mol. The highest BCUT2D eigenvalue weighted by molar-refractivity contribution is 5.99. The first-order valence-corrected chi connectivity index (χ1v) is 15.8. The van der Waals surface area contributed by atoms with E-state index in [0.29, 0.717) is 30.5 Å². The van der Waals surface area contributed by atoms with Crippen molar-refractivity contribution in [3.63, 3.8) is 0 Å². The maximum absolute atomic E-state index is 13.2. The fourth-order valence-corrected chi connectivity index (χ4v) is 5.50. The molecule has 2 heterocycles. The number of aryl methyl sites for hydroxylation is 1. The molecule has 0 unspecified atom stereocenters. The zero-order valence-corrected chi connectivity index (χ0v) is 27.3. The highest BCUT2D eigenvalue weighted by atomic mass is 19.3. The summed E-state index contributed by atoms with van der Waals surface area (Å²) in [7, 11) is 0. The molecule has 48 heavy (non-hydrogen) atoms. The van der Waals surface area contributed by atoms with Crippen molar-refractivity contribution >= 4 is 23.4 Å². The normalized spacial score (nSPS) is 14.2. The minimum absolute atomic E-state index is 0.218. The first-order chi connectivity index (χ1) is 22.7. The average molecular weight is 666 g/mol. The van der Waals surface area contributed by atoms with Crippen LogP contribution >= 0.6 is 0 Å². The Kier molecular flexibility index (Phi) is 10.1. The van der Waals surface area contributed by atoms with Crippen LogP contribution in [0.25, 0.3) is 5.69 Å². The van der Waals surface area contributed by atoms with Crippen LogP contribution in [-0.2, 0) is 11.8 Å². The van der Waals surface area contributed by atoms with E-state index in [9.17, 15) is 27.2 Å². The van der Waals surface area contributed by atoms with E-state index in [1.54, 1.807) is 9.58 Å². The molecule has 0 bridgehead atoms. The first kappa shape index (κ1) is 34.5. The Balaban J connectivity index is 1.15. The molecule has 1 saturated heterocycles. The summed E-state index contributed by atoms with van der Waals surface area (Å²) in [4.78, 5) is 27.8. The van der Waals surface area contributed by atoms with Crippen molar-refractivity contribution in [3.8, 4) is 11.4 Å². The van der Waals surface area contributed by atoms with Crippen LogP contribution in [0.15, 0.2) is 78.9 Å². The zero-order chi connectivity index (χ0) is 34.6. The summed E-state index contributed by atoms with van der Waals surface area (Å²) in [6.45, 7) is 9.23. The Hall–Kier alpha value is -4.87. The smallest absolute Gasteiger partial charge is 0.428 e. The van der Waals surface area contributed by atoms with Crippen molar-refractivity contribution in [2.24, 2.45) is 5.92 Å². The Morgan fingerprint density at radius 3 is 2.23 bits per heavy atom. The lowest BCUT2D eigenvalue weighted by molar-refractivity contribution is -0.253. The molecule has 1 fully saturated rings. The Bertz CT molecular complexity index is 1730. The van der Waals surface area contributed by atoms with Gasteiger partial charge in [-0.2, -0.15) is 22.7 Å². The highest BCUT2D eigenvalue weighted by Crippen LogP contribution is 2.30. The molecular weight excluding hydrogens is 626 g/mol. The molecule has 1 aliphatic heterocycles. The number of halogens is 4. The third-order valence-corrected chi connectivity index (χ3v) is 8.22. The largest absolute Gasteiger partial charge is 0.461 e. The number of piperidine rings is 1. The molecule has 12 heteroatoms. The number of likely N-dealkylation sites (tertiary alicyclic amines) is 1. The van der Waals surface area contributed by atoms with Gasteiger partial charge in [0.15, 0.2) is 0 Å². The highest BCUT2D eigenvalue weighted by Gasteiger charge is 2.44. The van der Waals surface area contributed by atoms with Gasteiger partial charge in [0, 0.05) is 35.8 Å². The first-order valence-electron chi connectivity index (χ1n) is 15.8. The number of hydrogen-bond acceptors (Lipinski definition) is 4. The van der Waals surface area contributed by atoms with Crippen molar-refractivity contribution in [3.05, 3.63) is 101 Å². The van der Waals surface area contributed by atoms with E-state index in [2.05, 4.69) is 36.1 Å². The minimum atomic E-state index is -4.61. The van der Waals surface area contributed by atoms with Gasteiger partial charge >= 0.3 is 18.6 Å². The maximum Gasteiger partial charge on any atom is 0.461 e. The number of urea groups is 1. The van der Waals surface area contributed by atoms with Gasteiger partial charge in [-0.05, 0) is 86.2 Å². The van der Waals surface area contributed by atoms with Gasteiger partial charge in [-0.15, -0.1) is 0 Å². The fourth-order valence-electron chi connectivity index (χ4n) is 5.50. The van der Waals surface area contributed by atoms with E-state index < -0.39 is 24.3 Å². The Morgan fingerprint density at radius 1 is 0.938 bits per heavy atom. The van der Waals surface area contributed by atoms with Gasteiger partial charge in [-0.25, -0.2) is 9.48 Å². The number of nitrogens with zero attached hydrogens (tertiary/aromatic N) is 3. The van der Waals surface area contributed by atoms with Crippen molar-refractivity contribution in [2.75, 3.05) is 23.7 Å². The average Bonchev–Trinajstić information content (AvgIpc) is 3.46. The number of nitrogens with one attached hydrogen (secondary N) is 2. The van der Waals surface area contributed by atoms with Crippen LogP contribution < -0.4 is 15.4 Å². The molecule has 3 amide bonds. The lowest BCUT2D eigenvalue weighted by Gasteiger charge is -2.32. The molecule has 1 aromatic heterocycles. The number of rotatable bonds is 9. The standard InChI is InChI=1S/C36H39F4N5O3/c1-23-8-12-28(13-9-23)45-31(22-30(43-45)35(2,3)4)42-34(47)41-27-7-5-6-25(21-27)20-24-16-18-44(19-17-24)32(46)26-10-14-29(15-11-26)48-36(39,40)33(37)38/h5-15,21-22,24,33H,16-20H2,1-4H3,(H2,41,42,47). The second-order valence-electron chi connectivity index (χ2n) is 13.1. The van der Waals surface area contributed by atoms with Gasteiger partial charge in [-0.1, -0.05) is 50.6 Å². The molecule has 0 atom stereocenters. The van der Waals surface area contributed by atoms with Gasteiger partial charge in [-0.3, -0.25) is 10.1 Å². The van der Waals surface area contributed by atoms with E-state index >= 15 is 0 Å². The lowest BCUT2D eigenvalue weighted by atomic mass is 9.90. The van der Waals surface area contributed by atoms with Gasteiger partial charge in [0.2, 0.25) is 0 Å². The Morgan fingerprint density at radius 2 is 1.60 bits per heavy atom. The van der Waals surface area contributed by atoms with Crippen LogP contribution in [0.2, 0.25) is 0 Å². The number of anilines is 2. The molecular formula is C36H39F4N5O3. The van der Waals surface area contributed by atoms with Gasteiger partial charge in [0.1, 0.15) is 11.6 Å². The molecule has 8 nitrogen and oxygen atoms in total. The quantitative estimate of drug-likeness (QED) is 0.176. The third-order valence-electron chi connectivity index (χ3n) is 8.22. The molecule has 4 aromatic rings. The van der Waals surface area contributed by atoms with E-state index in [0.717, 1.165) is 53.9 Å². The number of aromatic nitrogens is 2. The topological polar surface area (TPSA) is 88.5 Å². The summed E-state index contributed by atoms with van der Waals surface area (Å²) in [5.74, 6) is 0.144. The predicted octanol–water partition coefficient (Wildman–Crippen LogP) is 8.45. The zero-order valence-electron chi connectivity index (χ0n) is 27.3. The summed E-state index contributed by atoms with van der Waals surface area (Å²) in [6.07, 6.45) is -6.31. The summed E-state index contributed by atoms with van der Waals surface area (Å²) in [5, 5.41) is 10.7. The van der Waals surface area contributed by atoms with E-state index in [-0.39, 0.29) is 16.9 Å². The number of amides is 3. The molecule has 1 aliphatic rings. The van der Waals surface area contributed by atoms with Gasteiger partial charge in [0.25, 0.3) is 5.91 Å². The number of hydrogen-bond donors (Lipinski definition) is 2. The van der Waals surface area contributed by atoms with Crippen LogP contribution in [0, 0.1) is 12.8 Å². The molecule has 0 aliphatic carbocycles. The molecule has 3 aromatic carbocycles. The summed E-state index contributed by atoms with van der Waals surface area (Å²) in [5.41, 5.74) is 4.54. The monoisotopic (exact) mass is 665 g/mol. The number of carbonyl (C=O) groups excluding carboxylic acids is 2. The van der Waals surface area contributed by atoms with Crippen molar-refractivity contribution in [1.29, 1.82) is 0 Å². The van der Waals surface area contributed by atoms with Crippen molar-refractivity contribution < 1.29 is 31.9 Å². The van der Waals surface area contributed by atoms with Crippen molar-refractivity contribution in [1.82, 2.24) is 14.7 Å². The molecule has 0 spiro atoms. The van der Waals surface area contributed by atoms with Crippen LogP contribution in [0.4, 0.5) is 33.9 Å². The molecule has 0 saturated carbocycles. The number of alkyl halides is 4. The van der Waals surface area contributed by atoms with E-state index in [1.165, 1.54) is 12.1 Å². The SMILES string of the molecule is Cc1ccc(-n2nc(C(C)(C)C)cc2NC(=O)Nc2cccc(CC3CCN(C(=O)c4ccc(OC(F)(F)C(F)F)cc4)CC3)c2)cc1. The van der Waals surface area contributed by atoms with E-state index in [4.69, 9.17) is 5.10 Å². The second-order valence-corrected chi connectivity index (χ2v) is 13.1.